The molecule has 2 unspecified atom stereocenters. The lowest BCUT2D eigenvalue weighted by Gasteiger charge is -2.39. The summed E-state index contributed by atoms with van der Waals surface area (Å²) in [5, 5.41) is 28.0. The van der Waals surface area contributed by atoms with Crippen LogP contribution in [-0.4, -0.2) is 82.1 Å². The number of aliphatic hydroxyl groups excluding tert-OH is 1. The van der Waals surface area contributed by atoms with Crippen molar-refractivity contribution in [1.82, 2.24) is 4.90 Å². The van der Waals surface area contributed by atoms with Crippen molar-refractivity contribution in [2.45, 2.75) is 77.3 Å². The Morgan fingerprint density at radius 3 is 2.07 bits per heavy atom. The zero-order valence-corrected chi connectivity index (χ0v) is 16.9. The first-order valence-corrected chi connectivity index (χ1v) is 10.6. The van der Waals surface area contributed by atoms with Gasteiger partial charge in [0.05, 0.1) is 19.7 Å². The summed E-state index contributed by atoms with van der Waals surface area (Å²) in [6.45, 7) is 3.54. The summed E-state index contributed by atoms with van der Waals surface area (Å²) < 4.78 is 0.274. The highest BCUT2D eigenvalue weighted by atomic mass is 16.4. The van der Waals surface area contributed by atoms with Crippen LogP contribution in [0.5, 0.6) is 0 Å². The topological polar surface area (TPSA) is 98.1 Å². The molecule has 0 aromatic rings. The largest absolute Gasteiger partial charge is 0.480 e. The van der Waals surface area contributed by atoms with Crippen molar-refractivity contribution in [2.24, 2.45) is 0 Å². The van der Waals surface area contributed by atoms with Crippen molar-refractivity contribution in [2.75, 3.05) is 39.3 Å². The van der Waals surface area contributed by atoms with Gasteiger partial charge in [0.1, 0.15) is 19.3 Å². The SMILES string of the molecule is CCCCCCCCCCCC1N(CC(=O)O)CC[N+]1(CCO)CC(=O)O. The van der Waals surface area contributed by atoms with Crippen LogP contribution in [0.3, 0.4) is 0 Å². The Morgan fingerprint density at radius 1 is 0.963 bits per heavy atom. The standard InChI is InChI=1S/C20H38N2O5/c1-2-3-4-5-6-7-8-9-10-11-18-21(16-19(24)25)12-13-22(18,14-15-23)17-20(26)27/h18,23H,2-17H2,1H3,(H-,24,25,26,27)/p+1. The van der Waals surface area contributed by atoms with Crippen LogP contribution in [-0.2, 0) is 9.59 Å². The lowest BCUT2D eigenvalue weighted by Crippen LogP contribution is -2.59. The molecule has 1 heterocycles. The predicted octanol–water partition coefficient (Wildman–Crippen LogP) is 2.53. The molecule has 0 amide bonds. The number of carboxylic acid groups (broad SMARTS) is 2. The molecule has 0 radical (unpaired) electrons. The molecule has 158 valence electrons. The molecule has 27 heavy (non-hydrogen) atoms. The van der Waals surface area contributed by atoms with E-state index in [9.17, 15) is 24.9 Å². The average molecular weight is 388 g/mol. The van der Waals surface area contributed by atoms with Gasteiger partial charge >= 0.3 is 11.9 Å². The Morgan fingerprint density at radius 2 is 1.56 bits per heavy atom. The van der Waals surface area contributed by atoms with Crippen molar-refractivity contribution < 1.29 is 29.4 Å². The molecule has 1 aliphatic rings. The van der Waals surface area contributed by atoms with Gasteiger partial charge in [-0.2, -0.15) is 0 Å². The van der Waals surface area contributed by atoms with Crippen LogP contribution in [0.15, 0.2) is 0 Å². The number of hydrogen-bond donors (Lipinski definition) is 3. The maximum atomic E-state index is 11.4. The van der Waals surface area contributed by atoms with Crippen LogP contribution in [0.1, 0.15) is 71.1 Å². The van der Waals surface area contributed by atoms with Crippen molar-refractivity contribution >= 4 is 11.9 Å². The number of rotatable bonds is 16. The van der Waals surface area contributed by atoms with E-state index in [1.807, 2.05) is 4.90 Å². The fourth-order valence-corrected chi connectivity index (χ4v) is 4.42. The molecule has 7 heteroatoms. The Kier molecular flexibility index (Phi) is 11.6. The fourth-order valence-electron chi connectivity index (χ4n) is 4.42. The number of unbranched alkanes of at least 4 members (excludes halogenated alkanes) is 8. The molecular formula is C20H39N2O5+. The van der Waals surface area contributed by atoms with Gasteiger partial charge in [0.25, 0.3) is 0 Å². The van der Waals surface area contributed by atoms with E-state index >= 15 is 0 Å². The minimum Gasteiger partial charge on any atom is -0.480 e. The number of aliphatic hydroxyl groups is 1. The highest BCUT2D eigenvalue weighted by molar-refractivity contribution is 5.69. The molecule has 2 atom stereocenters. The number of quaternary nitrogens is 1. The van der Waals surface area contributed by atoms with Crippen molar-refractivity contribution in [3.8, 4) is 0 Å². The maximum absolute atomic E-state index is 11.4. The first kappa shape index (κ1) is 23.9. The molecule has 1 rings (SSSR count). The van der Waals surface area contributed by atoms with Crippen molar-refractivity contribution in [3.05, 3.63) is 0 Å². The van der Waals surface area contributed by atoms with E-state index in [2.05, 4.69) is 6.92 Å². The molecule has 7 nitrogen and oxygen atoms in total. The second kappa shape index (κ2) is 13.1. The van der Waals surface area contributed by atoms with E-state index in [-0.39, 0.29) is 30.3 Å². The van der Waals surface area contributed by atoms with E-state index in [1.165, 1.54) is 44.9 Å². The van der Waals surface area contributed by atoms with E-state index < -0.39 is 11.9 Å². The molecule has 3 N–H and O–H groups in total. The quantitative estimate of drug-likeness (QED) is 0.278. The second-order valence-corrected chi connectivity index (χ2v) is 7.90. The second-order valence-electron chi connectivity index (χ2n) is 7.90. The van der Waals surface area contributed by atoms with Crippen LogP contribution in [0.2, 0.25) is 0 Å². The first-order valence-electron chi connectivity index (χ1n) is 10.6. The summed E-state index contributed by atoms with van der Waals surface area (Å²) in [4.78, 5) is 24.5. The van der Waals surface area contributed by atoms with Gasteiger partial charge < -0.3 is 15.3 Å². The lowest BCUT2D eigenvalue weighted by molar-refractivity contribution is -0.938. The number of hydrogen-bond acceptors (Lipinski definition) is 4. The molecule has 1 fully saturated rings. The molecule has 1 aliphatic heterocycles. The Labute approximate surface area is 163 Å². The van der Waals surface area contributed by atoms with Gasteiger partial charge in [0, 0.05) is 6.42 Å². The lowest BCUT2D eigenvalue weighted by atomic mass is 10.0. The third-order valence-electron chi connectivity index (χ3n) is 5.79. The molecule has 0 aliphatic carbocycles. The maximum Gasteiger partial charge on any atom is 0.359 e. The fraction of sp³-hybridized carbons (Fsp3) is 0.900. The molecule has 0 spiro atoms. The number of nitrogens with zero attached hydrogens (tertiary/aromatic N) is 2. The van der Waals surface area contributed by atoms with Gasteiger partial charge in [-0.05, 0) is 6.42 Å². The summed E-state index contributed by atoms with van der Waals surface area (Å²) in [6.07, 6.45) is 11.6. The summed E-state index contributed by atoms with van der Waals surface area (Å²) in [6, 6.07) is 0. The van der Waals surface area contributed by atoms with Crippen LogP contribution >= 0.6 is 0 Å². The van der Waals surface area contributed by atoms with Gasteiger partial charge in [-0.15, -0.1) is 0 Å². The monoisotopic (exact) mass is 387 g/mol. The molecule has 0 saturated carbocycles. The average Bonchev–Trinajstić information content (AvgIpc) is 2.90. The van der Waals surface area contributed by atoms with Gasteiger partial charge in [-0.25, -0.2) is 9.69 Å². The van der Waals surface area contributed by atoms with Gasteiger partial charge in [0.2, 0.25) is 0 Å². The Balaban J connectivity index is 2.52. The highest BCUT2D eigenvalue weighted by Crippen LogP contribution is 2.28. The molecule has 0 aromatic heterocycles. The summed E-state index contributed by atoms with van der Waals surface area (Å²) >= 11 is 0. The normalized spacial score (nSPS) is 23.0. The minimum atomic E-state index is -0.891. The Hall–Kier alpha value is -1.18. The van der Waals surface area contributed by atoms with E-state index in [1.54, 1.807) is 0 Å². The minimum absolute atomic E-state index is 0.0568. The molecule has 0 bridgehead atoms. The zero-order chi connectivity index (χ0) is 20.1. The van der Waals surface area contributed by atoms with Gasteiger partial charge in [-0.1, -0.05) is 58.3 Å². The number of carbonyl (C=O) groups is 2. The van der Waals surface area contributed by atoms with Crippen LogP contribution in [0.25, 0.3) is 0 Å². The predicted molar refractivity (Wildman–Crippen MR) is 104 cm³/mol. The smallest absolute Gasteiger partial charge is 0.359 e. The van der Waals surface area contributed by atoms with E-state index in [4.69, 9.17) is 0 Å². The molecule has 1 saturated heterocycles. The third kappa shape index (κ3) is 8.58. The summed E-state index contributed by atoms with van der Waals surface area (Å²) in [7, 11) is 0. The van der Waals surface area contributed by atoms with E-state index in [0.29, 0.717) is 19.6 Å². The molecular weight excluding hydrogens is 348 g/mol. The van der Waals surface area contributed by atoms with Crippen LogP contribution in [0, 0.1) is 0 Å². The van der Waals surface area contributed by atoms with Crippen molar-refractivity contribution in [1.29, 1.82) is 0 Å². The zero-order valence-electron chi connectivity index (χ0n) is 16.9. The van der Waals surface area contributed by atoms with Crippen molar-refractivity contribution in [3.63, 3.8) is 0 Å². The number of carboxylic acids is 2. The van der Waals surface area contributed by atoms with Crippen LogP contribution < -0.4 is 0 Å². The summed E-state index contributed by atoms with van der Waals surface area (Å²) in [5.74, 6) is -1.77. The number of aliphatic carboxylic acids is 2. The third-order valence-corrected chi connectivity index (χ3v) is 5.79. The van der Waals surface area contributed by atoms with Crippen LogP contribution in [0.4, 0.5) is 0 Å². The molecule has 0 aromatic carbocycles. The first-order chi connectivity index (χ1) is 12.9. The van der Waals surface area contributed by atoms with E-state index in [0.717, 1.165) is 19.3 Å². The van der Waals surface area contributed by atoms with Gasteiger partial charge in [0.15, 0.2) is 6.54 Å². The summed E-state index contributed by atoms with van der Waals surface area (Å²) in [5.41, 5.74) is 0. The van der Waals surface area contributed by atoms with Gasteiger partial charge in [-0.3, -0.25) is 9.28 Å². The highest BCUT2D eigenvalue weighted by Gasteiger charge is 2.47. The Bertz CT molecular complexity index is 446.